The summed E-state index contributed by atoms with van der Waals surface area (Å²) >= 11 is 0. The minimum absolute atomic E-state index is 0.143. The highest BCUT2D eigenvalue weighted by atomic mass is 19.2. The van der Waals surface area contributed by atoms with Gasteiger partial charge in [0.1, 0.15) is 11.8 Å². The van der Waals surface area contributed by atoms with Crippen molar-refractivity contribution in [3.63, 3.8) is 0 Å². The minimum Gasteiger partial charge on any atom is -0.496 e. The third-order valence-electron chi connectivity index (χ3n) is 3.79. The van der Waals surface area contributed by atoms with E-state index < -0.39 is 11.6 Å². The Morgan fingerprint density at radius 3 is 2.67 bits per heavy atom. The summed E-state index contributed by atoms with van der Waals surface area (Å²) in [5.41, 5.74) is 1.52. The van der Waals surface area contributed by atoms with Gasteiger partial charge in [-0.2, -0.15) is 0 Å². The number of para-hydroxylation sites is 1. The zero-order valence-corrected chi connectivity index (χ0v) is 13.7. The number of carbonyl (C=O) groups excluding carboxylic acids is 1. The van der Waals surface area contributed by atoms with Crippen LogP contribution < -0.4 is 15.4 Å². The quantitative estimate of drug-likeness (QED) is 0.812. The van der Waals surface area contributed by atoms with E-state index in [0.29, 0.717) is 12.1 Å². The molecule has 3 N–H and O–H groups in total. The fourth-order valence-corrected chi connectivity index (χ4v) is 2.33. The Balaban J connectivity index is 1.83. The van der Waals surface area contributed by atoms with E-state index in [4.69, 9.17) is 4.74 Å². The number of methoxy groups -OCH3 is 1. The molecule has 128 valence electrons. The predicted octanol–water partition coefficient (Wildman–Crippen LogP) is 1.91. The van der Waals surface area contributed by atoms with Crippen molar-refractivity contribution in [1.29, 1.82) is 0 Å². The number of amides is 1. The molecule has 0 saturated carbocycles. The lowest BCUT2D eigenvalue weighted by Gasteiger charge is -2.12. The van der Waals surface area contributed by atoms with E-state index in [1.807, 2.05) is 31.2 Å². The van der Waals surface area contributed by atoms with Gasteiger partial charge in [-0.1, -0.05) is 18.2 Å². The fourth-order valence-electron chi connectivity index (χ4n) is 2.33. The molecule has 0 aliphatic rings. The van der Waals surface area contributed by atoms with Crippen LogP contribution in [0.3, 0.4) is 0 Å². The smallest absolute Gasteiger partial charge is 0.275 e. The molecule has 0 bridgehead atoms. The van der Waals surface area contributed by atoms with Gasteiger partial charge in [0.2, 0.25) is 0 Å². The van der Waals surface area contributed by atoms with Crippen molar-refractivity contribution < 1.29 is 23.6 Å². The van der Waals surface area contributed by atoms with Crippen LogP contribution in [0.1, 0.15) is 24.1 Å². The van der Waals surface area contributed by atoms with Crippen molar-refractivity contribution in [3.8, 4) is 5.75 Å². The summed E-state index contributed by atoms with van der Waals surface area (Å²) in [6.45, 7) is 2.39. The number of hydrogen-bond acceptors (Lipinski definition) is 2. The van der Waals surface area contributed by atoms with Crippen LogP contribution >= 0.6 is 0 Å². The standard InChI is InChI=1S/C18H20F2N2O2/c1-12(13-7-8-15(19)16(20)9-13)21-11-18(23)22-10-14-5-3-4-6-17(14)24-2/h3-9,12,21H,10-11H2,1-2H3,(H,22,23)/p+1/t12-/m1/s1. The first-order valence-corrected chi connectivity index (χ1v) is 7.68. The molecule has 0 unspecified atom stereocenters. The average molecular weight is 335 g/mol. The molecule has 1 atom stereocenters. The van der Waals surface area contributed by atoms with E-state index in [1.165, 1.54) is 6.07 Å². The van der Waals surface area contributed by atoms with Crippen LogP contribution in [0.15, 0.2) is 42.5 Å². The van der Waals surface area contributed by atoms with Gasteiger partial charge in [0.15, 0.2) is 18.2 Å². The third kappa shape index (κ3) is 4.76. The molecular formula is C18H21F2N2O2+. The number of nitrogens with two attached hydrogens (primary N) is 1. The van der Waals surface area contributed by atoms with Crippen molar-refractivity contribution in [2.45, 2.75) is 19.5 Å². The first kappa shape index (κ1) is 17.9. The van der Waals surface area contributed by atoms with Gasteiger partial charge in [0, 0.05) is 17.7 Å². The second-order valence-corrected chi connectivity index (χ2v) is 5.49. The molecule has 0 spiro atoms. The monoisotopic (exact) mass is 335 g/mol. The zero-order valence-electron chi connectivity index (χ0n) is 13.7. The highest BCUT2D eigenvalue weighted by Gasteiger charge is 2.14. The zero-order chi connectivity index (χ0) is 17.5. The van der Waals surface area contributed by atoms with E-state index in [2.05, 4.69) is 5.32 Å². The minimum atomic E-state index is -0.881. The molecule has 0 heterocycles. The van der Waals surface area contributed by atoms with Crippen molar-refractivity contribution in [3.05, 3.63) is 65.2 Å². The summed E-state index contributed by atoms with van der Waals surface area (Å²) in [6, 6.07) is 11.1. The topological polar surface area (TPSA) is 54.9 Å². The lowest BCUT2D eigenvalue weighted by atomic mass is 10.1. The molecule has 6 heteroatoms. The molecule has 2 aromatic carbocycles. The molecule has 0 aliphatic carbocycles. The van der Waals surface area contributed by atoms with Crippen molar-refractivity contribution >= 4 is 5.91 Å². The molecule has 0 saturated heterocycles. The summed E-state index contributed by atoms with van der Waals surface area (Å²) < 4.78 is 31.4. The van der Waals surface area contributed by atoms with Crippen LogP contribution in [0.2, 0.25) is 0 Å². The lowest BCUT2D eigenvalue weighted by molar-refractivity contribution is -0.682. The van der Waals surface area contributed by atoms with E-state index in [-0.39, 0.29) is 18.5 Å². The van der Waals surface area contributed by atoms with E-state index in [0.717, 1.165) is 23.4 Å². The Hall–Kier alpha value is -2.47. The second kappa shape index (κ2) is 8.40. The predicted molar refractivity (Wildman–Crippen MR) is 86.4 cm³/mol. The molecule has 24 heavy (non-hydrogen) atoms. The summed E-state index contributed by atoms with van der Waals surface area (Å²) in [5, 5.41) is 4.58. The number of hydrogen-bond donors (Lipinski definition) is 2. The number of carbonyl (C=O) groups is 1. The Morgan fingerprint density at radius 1 is 1.21 bits per heavy atom. The number of rotatable bonds is 7. The first-order valence-electron chi connectivity index (χ1n) is 7.68. The maximum atomic E-state index is 13.2. The van der Waals surface area contributed by atoms with Crippen molar-refractivity contribution in [1.82, 2.24) is 5.32 Å². The van der Waals surface area contributed by atoms with Crippen LogP contribution in [0.25, 0.3) is 0 Å². The third-order valence-corrected chi connectivity index (χ3v) is 3.79. The van der Waals surface area contributed by atoms with Gasteiger partial charge < -0.3 is 15.4 Å². The van der Waals surface area contributed by atoms with E-state index in [9.17, 15) is 13.6 Å². The van der Waals surface area contributed by atoms with Gasteiger partial charge in [-0.3, -0.25) is 4.79 Å². The van der Waals surface area contributed by atoms with Gasteiger partial charge in [0.05, 0.1) is 7.11 Å². The molecular weight excluding hydrogens is 314 g/mol. The van der Waals surface area contributed by atoms with Gasteiger partial charge in [-0.25, -0.2) is 8.78 Å². The number of benzene rings is 2. The Labute approximate surface area is 139 Å². The highest BCUT2D eigenvalue weighted by Crippen LogP contribution is 2.16. The lowest BCUT2D eigenvalue weighted by Crippen LogP contribution is -2.87. The van der Waals surface area contributed by atoms with Gasteiger partial charge in [-0.05, 0) is 31.2 Å². The number of ether oxygens (including phenoxy) is 1. The normalized spacial score (nSPS) is 11.8. The van der Waals surface area contributed by atoms with Gasteiger partial charge >= 0.3 is 0 Å². The number of quaternary nitrogens is 1. The number of halogens is 2. The second-order valence-electron chi connectivity index (χ2n) is 5.49. The Bertz CT molecular complexity index is 707. The van der Waals surface area contributed by atoms with Crippen LogP contribution in [0.4, 0.5) is 8.78 Å². The molecule has 0 aromatic heterocycles. The maximum Gasteiger partial charge on any atom is 0.275 e. The number of nitrogens with one attached hydrogen (secondary N) is 1. The van der Waals surface area contributed by atoms with Gasteiger partial charge in [0.25, 0.3) is 5.91 Å². The highest BCUT2D eigenvalue weighted by molar-refractivity contribution is 5.76. The van der Waals surface area contributed by atoms with Crippen molar-refractivity contribution in [2.75, 3.05) is 13.7 Å². The summed E-state index contributed by atoms with van der Waals surface area (Å²) in [6.07, 6.45) is 0. The fraction of sp³-hybridized carbons (Fsp3) is 0.278. The summed E-state index contributed by atoms with van der Waals surface area (Å²) in [7, 11) is 1.58. The Kier molecular flexibility index (Phi) is 6.26. The van der Waals surface area contributed by atoms with Crippen LogP contribution in [0, 0.1) is 11.6 Å². The molecule has 0 fully saturated rings. The van der Waals surface area contributed by atoms with Crippen LogP contribution in [-0.2, 0) is 11.3 Å². The van der Waals surface area contributed by atoms with E-state index in [1.54, 1.807) is 12.4 Å². The van der Waals surface area contributed by atoms with Crippen molar-refractivity contribution in [2.24, 2.45) is 0 Å². The maximum absolute atomic E-state index is 13.2. The summed E-state index contributed by atoms with van der Waals surface area (Å²) in [5.74, 6) is -1.18. The molecule has 2 rings (SSSR count). The molecule has 1 amide bonds. The van der Waals surface area contributed by atoms with Crippen LogP contribution in [-0.4, -0.2) is 19.6 Å². The molecule has 2 aromatic rings. The van der Waals surface area contributed by atoms with Crippen LogP contribution in [0.5, 0.6) is 5.75 Å². The SMILES string of the molecule is COc1ccccc1CNC(=O)C[NH2+][C@H](C)c1ccc(F)c(F)c1. The summed E-state index contributed by atoms with van der Waals surface area (Å²) in [4.78, 5) is 12.0. The van der Waals surface area contributed by atoms with E-state index >= 15 is 0 Å². The molecule has 0 radical (unpaired) electrons. The van der Waals surface area contributed by atoms with Gasteiger partial charge in [-0.15, -0.1) is 0 Å². The average Bonchev–Trinajstić information content (AvgIpc) is 2.60. The largest absolute Gasteiger partial charge is 0.496 e. The first-order chi connectivity index (χ1) is 11.5. The molecule has 4 nitrogen and oxygen atoms in total. The molecule has 0 aliphatic heterocycles. The Morgan fingerprint density at radius 2 is 1.96 bits per heavy atom.